The molecule has 38 heavy (non-hydrogen) atoms. The van der Waals surface area contributed by atoms with Crippen molar-refractivity contribution < 1.29 is 0 Å². The number of allylic oxidation sites excluding steroid dienone is 4. The lowest BCUT2D eigenvalue weighted by atomic mass is 9.93. The highest BCUT2D eigenvalue weighted by molar-refractivity contribution is 6.25. The fourth-order valence-electron chi connectivity index (χ4n) is 5.66. The molecule has 1 aromatic heterocycles. The number of pyridine rings is 1. The number of anilines is 2. The van der Waals surface area contributed by atoms with Crippen molar-refractivity contribution in [2.24, 2.45) is 0 Å². The van der Waals surface area contributed by atoms with Crippen LogP contribution in [0.15, 0.2) is 140 Å². The van der Waals surface area contributed by atoms with E-state index in [1.54, 1.807) is 0 Å². The van der Waals surface area contributed by atoms with E-state index >= 15 is 0 Å². The molecule has 0 N–H and O–H groups in total. The van der Waals surface area contributed by atoms with Crippen molar-refractivity contribution in [2.45, 2.75) is 0 Å². The van der Waals surface area contributed by atoms with Crippen LogP contribution in [0.1, 0.15) is 5.56 Å². The second-order valence-corrected chi connectivity index (χ2v) is 9.72. The Morgan fingerprint density at radius 3 is 2.32 bits per heavy atom. The molecule has 0 fully saturated rings. The molecule has 0 spiro atoms. The fourth-order valence-corrected chi connectivity index (χ4v) is 5.66. The van der Waals surface area contributed by atoms with Gasteiger partial charge in [-0.3, -0.25) is 4.98 Å². The third-order valence-electron chi connectivity index (χ3n) is 7.50. The smallest absolute Gasteiger partial charge is 0.0493 e. The monoisotopic (exact) mass is 486 g/mol. The standard InChI is InChI=1S/C36H26N2/c1-25-10-3-2-8-21-38(36-16-7-6-13-29(25)36)28-12-9-11-26(22-28)27-17-18-32-30-14-4-5-15-31(30)35-24-37-20-19-33(35)34(32)23-27/h2-20,22-24H,1,21H2/b8-2-,10-3-. The van der Waals surface area contributed by atoms with E-state index in [9.17, 15) is 0 Å². The molecule has 0 aliphatic carbocycles. The molecule has 1 aliphatic rings. The van der Waals surface area contributed by atoms with E-state index in [2.05, 4.69) is 138 Å². The summed E-state index contributed by atoms with van der Waals surface area (Å²) in [6, 6.07) is 35.0. The minimum atomic E-state index is 0.777. The average molecular weight is 487 g/mol. The molecule has 5 aromatic carbocycles. The zero-order valence-corrected chi connectivity index (χ0v) is 21.0. The first-order valence-corrected chi connectivity index (χ1v) is 13.0. The Labute approximate surface area is 222 Å². The molecule has 0 saturated heterocycles. The molecule has 2 heteroatoms. The highest BCUT2D eigenvalue weighted by Gasteiger charge is 2.15. The first-order valence-electron chi connectivity index (χ1n) is 13.0. The summed E-state index contributed by atoms with van der Waals surface area (Å²) < 4.78 is 0. The topological polar surface area (TPSA) is 16.1 Å². The van der Waals surface area contributed by atoms with E-state index in [1.165, 1.54) is 43.4 Å². The molecule has 2 heterocycles. The third kappa shape index (κ3) is 3.70. The third-order valence-corrected chi connectivity index (χ3v) is 7.50. The largest absolute Gasteiger partial charge is 0.337 e. The van der Waals surface area contributed by atoms with Crippen molar-refractivity contribution in [3.05, 3.63) is 146 Å². The first-order chi connectivity index (χ1) is 18.8. The lowest BCUT2D eigenvalue weighted by molar-refractivity contribution is 1.09. The van der Waals surface area contributed by atoms with Crippen LogP contribution in [0.25, 0.3) is 49.0 Å². The van der Waals surface area contributed by atoms with Crippen LogP contribution < -0.4 is 4.90 Å². The lowest BCUT2D eigenvalue weighted by Gasteiger charge is -2.26. The Kier molecular flexibility index (Phi) is 5.37. The molecule has 7 rings (SSSR count). The Bertz CT molecular complexity index is 1890. The second kappa shape index (κ2) is 9.17. The van der Waals surface area contributed by atoms with Crippen molar-refractivity contribution in [2.75, 3.05) is 11.4 Å². The van der Waals surface area contributed by atoms with Crippen molar-refractivity contribution in [3.63, 3.8) is 0 Å². The summed E-state index contributed by atoms with van der Waals surface area (Å²) in [6.07, 6.45) is 12.3. The Balaban J connectivity index is 1.39. The number of rotatable bonds is 2. The quantitative estimate of drug-likeness (QED) is 0.227. The van der Waals surface area contributed by atoms with Gasteiger partial charge in [-0.2, -0.15) is 0 Å². The van der Waals surface area contributed by atoms with E-state index in [1.807, 2.05) is 12.4 Å². The van der Waals surface area contributed by atoms with Crippen molar-refractivity contribution >= 4 is 49.3 Å². The number of aromatic nitrogens is 1. The van der Waals surface area contributed by atoms with Gasteiger partial charge in [-0.1, -0.05) is 97.6 Å². The van der Waals surface area contributed by atoms with Gasteiger partial charge >= 0.3 is 0 Å². The van der Waals surface area contributed by atoms with Gasteiger partial charge in [-0.15, -0.1) is 0 Å². The van der Waals surface area contributed by atoms with Gasteiger partial charge in [0.05, 0.1) is 0 Å². The Morgan fingerprint density at radius 2 is 1.39 bits per heavy atom. The van der Waals surface area contributed by atoms with Crippen molar-refractivity contribution in [3.8, 4) is 11.1 Å². The molecular formula is C36H26N2. The van der Waals surface area contributed by atoms with Gasteiger partial charge in [-0.25, -0.2) is 0 Å². The maximum absolute atomic E-state index is 4.44. The van der Waals surface area contributed by atoms with Crippen LogP contribution >= 0.6 is 0 Å². The molecule has 1 aliphatic heterocycles. The molecule has 0 unspecified atom stereocenters. The van der Waals surface area contributed by atoms with Crippen LogP contribution in [0, 0.1) is 0 Å². The minimum absolute atomic E-state index is 0.777. The predicted octanol–water partition coefficient (Wildman–Crippen LogP) is 9.49. The summed E-state index contributed by atoms with van der Waals surface area (Å²) in [5.41, 5.74) is 6.87. The van der Waals surface area contributed by atoms with E-state index in [0.717, 1.165) is 29.1 Å². The van der Waals surface area contributed by atoms with Crippen LogP contribution in [0.5, 0.6) is 0 Å². The number of hydrogen-bond donors (Lipinski definition) is 0. The van der Waals surface area contributed by atoms with Crippen LogP contribution in [0.2, 0.25) is 0 Å². The van der Waals surface area contributed by atoms with Gasteiger partial charge in [0.15, 0.2) is 0 Å². The normalized spacial score (nSPS) is 15.2. The molecule has 0 bridgehead atoms. The average Bonchev–Trinajstić information content (AvgIpc) is 3.06. The zero-order valence-electron chi connectivity index (χ0n) is 21.0. The summed E-state index contributed by atoms with van der Waals surface area (Å²) in [5, 5.41) is 7.45. The Morgan fingerprint density at radius 1 is 0.632 bits per heavy atom. The van der Waals surface area contributed by atoms with E-state index in [4.69, 9.17) is 0 Å². The molecule has 0 saturated carbocycles. The van der Waals surface area contributed by atoms with Crippen LogP contribution in [0.3, 0.4) is 0 Å². The van der Waals surface area contributed by atoms with E-state index in [0.29, 0.717) is 0 Å². The number of hydrogen-bond acceptors (Lipinski definition) is 2. The maximum Gasteiger partial charge on any atom is 0.0493 e. The number of nitrogens with zero attached hydrogens (tertiary/aromatic N) is 2. The minimum Gasteiger partial charge on any atom is -0.337 e. The van der Waals surface area contributed by atoms with E-state index in [-0.39, 0.29) is 0 Å². The summed E-state index contributed by atoms with van der Waals surface area (Å²) in [5.74, 6) is 0. The molecular weight excluding hydrogens is 460 g/mol. The molecule has 0 amide bonds. The number of benzene rings is 5. The van der Waals surface area contributed by atoms with Gasteiger partial charge in [0.1, 0.15) is 0 Å². The Hall–Kier alpha value is -4.95. The van der Waals surface area contributed by atoms with Gasteiger partial charge in [-0.05, 0) is 74.0 Å². The van der Waals surface area contributed by atoms with Crippen molar-refractivity contribution in [1.29, 1.82) is 0 Å². The van der Waals surface area contributed by atoms with Crippen LogP contribution in [0.4, 0.5) is 11.4 Å². The van der Waals surface area contributed by atoms with Crippen molar-refractivity contribution in [1.82, 2.24) is 4.98 Å². The SMILES string of the molecule is C=C1/C=C\C=C/CN(c2cccc(-c3ccc4c5ccccc5c5cnccc5c4c3)c2)c2ccccc21. The van der Waals surface area contributed by atoms with Gasteiger partial charge in [0.25, 0.3) is 0 Å². The zero-order chi connectivity index (χ0) is 25.5. The van der Waals surface area contributed by atoms with Gasteiger partial charge in [0, 0.05) is 41.3 Å². The summed E-state index contributed by atoms with van der Waals surface area (Å²) in [7, 11) is 0. The molecule has 0 radical (unpaired) electrons. The summed E-state index contributed by atoms with van der Waals surface area (Å²) in [6.45, 7) is 5.09. The molecule has 2 nitrogen and oxygen atoms in total. The summed E-state index contributed by atoms with van der Waals surface area (Å²) >= 11 is 0. The highest BCUT2D eigenvalue weighted by atomic mass is 15.1. The molecule has 180 valence electrons. The van der Waals surface area contributed by atoms with Crippen LogP contribution in [-0.2, 0) is 0 Å². The van der Waals surface area contributed by atoms with E-state index < -0.39 is 0 Å². The second-order valence-electron chi connectivity index (χ2n) is 9.72. The lowest BCUT2D eigenvalue weighted by Crippen LogP contribution is -2.18. The number of para-hydroxylation sites is 1. The maximum atomic E-state index is 4.44. The van der Waals surface area contributed by atoms with Gasteiger partial charge < -0.3 is 4.90 Å². The highest BCUT2D eigenvalue weighted by Crippen LogP contribution is 2.38. The fraction of sp³-hybridized carbons (Fsp3) is 0.0278. The first kappa shape index (κ1) is 22.3. The van der Waals surface area contributed by atoms with Gasteiger partial charge in [0.2, 0.25) is 0 Å². The molecule has 6 aromatic rings. The molecule has 0 atom stereocenters. The van der Waals surface area contributed by atoms with Crippen LogP contribution in [-0.4, -0.2) is 11.5 Å². The summed E-state index contributed by atoms with van der Waals surface area (Å²) in [4.78, 5) is 6.80. The number of fused-ring (bicyclic) bond motifs is 7. The predicted molar refractivity (Wildman–Crippen MR) is 163 cm³/mol.